The van der Waals surface area contributed by atoms with E-state index in [1.54, 1.807) is 6.07 Å². The summed E-state index contributed by atoms with van der Waals surface area (Å²) in [4.78, 5) is 25.2. The molecule has 2 aliphatic rings. The van der Waals surface area contributed by atoms with Gasteiger partial charge in [-0.3, -0.25) is 14.7 Å². The van der Waals surface area contributed by atoms with Crippen molar-refractivity contribution in [2.75, 3.05) is 11.9 Å². The van der Waals surface area contributed by atoms with Gasteiger partial charge in [-0.05, 0) is 67.9 Å². The first-order valence-corrected chi connectivity index (χ1v) is 13.7. The maximum absolute atomic E-state index is 14.1. The first kappa shape index (κ1) is 26.7. The van der Waals surface area contributed by atoms with Crippen molar-refractivity contribution in [3.63, 3.8) is 0 Å². The van der Waals surface area contributed by atoms with Crippen molar-refractivity contribution in [3.05, 3.63) is 82.8 Å². The molecule has 1 saturated carbocycles. The molecule has 1 fully saturated rings. The number of aromatic amines is 1. The van der Waals surface area contributed by atoms with Crippen molar-refractivity contribution in [1.29, 1.82) is 0 Å². The monoisotopic (exact) mass is 557 g/mol. The van der Waals surface area contributed by atoms with Gasteiger partial charge >= 0.3 is 0 Å². The Morgan fingerprint density at radius 1 is 1.22 bits per heavy atom. The highest BCUT2D eigenvalue weighted by Crippen LogP contribution is 2.67. The molecule has 1 aliphatic heterocycles. The number of primary amides is 1. The Morgan fingerprint density at radius 3 is 2.71 bits per heavy atom. The van der Waals surface area contributed by atoms with Crippen LogP contribution in [0.5, 0.6) is 5.75 Å². The molecular formula is C31H32FN5O4. The summed E-state index contributed by atoms with van der Waals surface area (Å²) in [5.74, 6) is -0.596. The normalized spacial score (nSPS) is 21.7. The fraction of sp³-hybridized carbons (Fsp3) is 0.355. The lowest BCUT2D eigenvalue weighted by atomic mass is 9.76. The fourth-order valence-electron chi connectivity index (χ4n) is 6.61. The summed E-state index contributed by atoms with van der Waals surface area (Å²) in [5.41, 5.74) is 11.5. The Hall–Kier alpha value is -4.47. The molecule has 9 nitrogen and oxygen atoms in total. The molecule has 0 bridgehead atoms. The number of anilines is 1. The maximum atomic E-state index is 14.1. The van der Waals surface area contributed by atoms with Gasteiger partial charge in [0.05, 0.1) is 12.3 Å². The summed E-state index contributed by atoms with van der Waals surface area (Å²) in [7, 11) is 0. The van der Waals surface area contributed by atoms with Crippen molar-refractivity contribution in [1.82, 2.24) is 15.4 Å². The van der Waals surface area contributed by atoms with Crippen LogP contribution in [0.4, 0.5) is 10.1 Å². The van der Waals surface area contributed by atoms with Crippen LogP contribution in [0, 0.1) is 31.0 Å². The fourth-order valence-corrected chi connectivity index (χ4v) is 6.61. The van der Waals surface area contributed by atoms with Crippen molar-refractivity contribution >= 4 is 17.5 Å². The molecule has 6 rings (SSSR count). The number of carbonyl (C=O) groups excluding carboxylic acids is 2. The van der Waals surface area contributed by atoms with E-state index in [9.17, 15) is 14.0 Å². The molecule has 4 atom stereocenters. The van der Waals surface area contributed by atoms with E-state index >= 15 is 0 Å². The molecule has 0 saturated heterocycles. The molecule has 10 heteroatoms. The van der Waals surface area contributed by atoms with Gasteiger partial charge in [0, 0.05) is 46.3 Å². The number of nitrogens with two attached hydrogens (primary N) is 1. The van der Waals surface area contributed by atoms with Gasteiger partial charge in [0.25, 0.3) is 5.91 Å². The van der Waals surface area contributed by atoms with Gasteiger partial charge in [0.2, 0.25) is 5.91 Å². The summed E-state index contributed by atoms with van der Waals surface area (Å²) in [5, 5.41) is 14.1. The molecule has 1 spiro atoms. The van der Waals surface area contributed by atoms with E-state index in [0.29, 0.717) is 23.6 Å². The lowest BCUT2D eigenvalue weighted by molar-refractivity contribution is -0.117. The molecule has 4 unspecified atom stereocenters. The highest BCUT2D eigenvalue weighted by molar-refractivity contribution is 5.92. The predicted octanol–water partition coefficient (Wildman–Crippen LogP) is 5.62. The van der Waals surface area contributed by atoms with Crippen LogP contribution in [0.1, 0.15) is 71.0 Å². The number of halogens is 1. The molecule has 2 aromatic carbocycles. The van der Waals surface area contributed by atoms with Gasteiger partial charge < -0.3 is 20.3 Å². The molecule has 0 radical (unpaired) electrons. The number of carbonyl (C=O) groups is 2. The SMILES string of the molecule is Cc1n[nH]c(C)c1-c1ccc(NC(=O)CC2c3ccc(F)cc3OCC23CC3CC(C)c2conc2C(N)=O)cc1. The molecule has 4 aromatic rings. The number of H-pyrrole nitrogens is 1. The molecule has 41 heavy (non-hydrogen) atoms. The van der Waals surface area contributed by atoms with Crippen LogP contribution in [-0.4, -0.2) is 33.8 Å². The van der Waals surface area contributed by atoms with Crippen molar-refractivity contribution in [3.8, 4) is 16.9 Å². The highest BCUT2D eigenvalue weighted by Gasteiger charge is 2.62. The minimum Gasteiger partial charge on any atom is -0.493 e. The summed E-state index contributed by atoms with van der Waals surface area (Å²) in [6, 6.07) is 12.3. The summed E-state index contributed by atoms with van der Waals surface area (Å²) in [6.45, 7) is 6.34. The van der Waals surface area contributed by atoms with Gasteiger partial charge in [-0.25, -0.2) is 4.39 Å². The predicted molar refractivity (Wildman–Crippen MR) is 150 cm³/mol. The van der Waals surface area contributed by atoms with Crippen molar-refractivity contribution in [2.45, 2.75) is 51.9 Å². The van der Waals surface area contributed by atoms with E-state index in [1.807, 2.05) is 45.0 Å². The Bertz CT molecular complexity index is 1610. The average Bonchev–Trinajstić information content (AvgIpc) is 3.23. The molecule has 1 aliphatic carbocycles. The van der Waals surface area contributed by atoms with E-state index < -0.39 is 5.91 Å². The molecule has 2 aromatic heterocycles. The number of fused-ring (bicyclic) bond motifs is 1. The van der Waals surface area contributed by atoms with Crippen LogP contribution in [0.2, 0.25) is 0 Å². The first-order valence-electron chi connectivity index (χ1n) is 13.7. The van der Waals surface area contributed by atoms with Gasteiger partial charge in [-0.15, -0.1) is 0 Å². The first-order chi connectivity index (χ1) is 19.7. The number of hydrogen-bond donors (Lipinski definition) is 3. The second-order valence-corrected chi connectivity index (χ2v) is 11.4. The molecule has 4 N–H and O–H groups in total. The largest absolute Gasteiger partial charge is 0.493 e. The zero-order valence-corrected chi connectivity index (χ0v) is 23.2. The number of aromatic nitrogens is 3. The highest BCUT2D eigenvalue weighted by atomic mass is 19.1. The maximum Gasteiger partial charge on any atom is 0.271 e. The lowest BCUT2D eigenvalue weighted by Gasteiger charge is -2.35. The van der Waals surface area contributed by atoms with Crippen molar-refractivity contribution < 1.29 is 23.2 Å². The number of nitrogens with one attached hydrogen (secondary N) is 2. The van der Waals surface area contributed by atoms with E-state index in [-0.39, 0.29) is 47.0 Å². The Labute approximate surface area is 236 Å². The van der Waals surface area contributed by atoms with Crippen LogP contribution in [0.15, 0.2) is 53.3 Å². The van der Waals surface area contributed by atoms with Crippen LogP contribution in [-0.2, 0) is 4.79 Å². The molecule has 2 amide bonds. The second kappa shape index (κ2) is 10.2. The minimum absolute atomic E-state index is 0.0294. The Morgan fingerprint density at radius 2 is 2.00 bits per heavy atom. The van der Waals surface area contributed by atoms with Gasteiger partial charge in [0.15, 0.2) is 5.69 Å². The number of nitrogens with zero attached hydrogens (tertiary/aromatic N) is 2. The third-order valence-corrected chi connectivity index (χ3v) is 8.80. The van der Waals surface area contributed by atoms with Crippen LogP contribution >= 0.6 is 0 Å². The van der Waals surface area contributed by atoms with Crippen LogP contribution in [0.25, 0.3) is 11.1 Å². The van der Waals surface area contributed by atoms with E-state index in [4.69, 9.17) is 15.0 Å². The summed E-state index contributed by atoms with van der Waals surface area (Å²) < 4.78 is 25.1. The van der Waals surface area contributed by atoms with E-state index in [1.165, 1.54) is 18.4 Å². The topological polar surface area (TPSA) is 136 Å². The Balaban J connectivity index is 1.20. The third-order valence-electron chi connectivity index (χ3n) is 8.80. The number of rotatable bonds is 8. The van der Waals surface area contributed by atoms with E-state index in [2.05, 4.69) is 20.7 Å². The second-order valence-electron chi connectivity index (χ2n) is 11.4. The van der Waals surface area contributed by atoms with Crippen molar-refractivity contribution in [2.24, 2.45) is 17.1 Å². The van der Waals surface area contributed by atoms with Gasteiger partial charge in [0.1, 0.15) is 17.8 Å². The standard InChI is InChI=1S/C31H32FN5O4/c1-16(24-14-41-37-29(24)30(33)39)10-20-13-31(20)15-40-26-11-21(32)6-9-23(26)25(31)12-27(38)34-22-7-4-19(5-8-22)28-17(2)35-36-18(28)3/h4-9,11,14,16,20,25H,10,12-13,15H2,1-3H3,(H2,33,39)(H,34,38)(H,35,36). The summed E-state index contributed by atoms with van der Waals surface area (Å²) >= 11 is 0. The quantitative estimate of drug-likeness (QED) is 0.257. The van der Waals surface area contributed by atoms with Crippen LogP contribution < -0.4 is 15.8 Å². The van der Waals surface area contributed by atoms with Gasteiger partial charge in [-0.2, -0.15) is 5.10 Å². The number of benzene rings is 2. The smallest absolute Gasteiger partial charge is 0.271 e. The number of aryl methyl sites for hydroxylation is 2. The molecule has 3 heterocycles. The Kier molecular flexibility index (Phi) is 6.63. The zero-order valence-electron chi connectivity index (χ0n) is 23.2. The third kappa shape index (κ3) is 4.87. The van der Waals surface area contributed by atoms with Crippen LogP contribution in [0.3, 0.4) is 0 Å². The number of hydrogen-bond acceptors (Lipinski definition) is 6. The lowest BCUT2D eigenvalue weighted by Crippen LogP contribution is -2.32. The minimum atomic E-state index is -0.624. The molecule has 212 valence electrons. The number of amides is 2. The molecular weight excluding hydrogens is 525 g/mol. The summed E-state index contributed by atoms with van der Waals surface area (Å²) in [6.07, 6.45) is 3.30. The average molecular weight is 558 g/mol. The van der Waals surface area contributed by atoms with Gasteiger partial charge in [-0.1, -0.05) is 30.3 Å². The number of ether oxygens (including phenoxy) is 1. The van der Waals surface area contributed by atoms with E-state index in [0.717, 1.165) is 40.9 Å². The zero-order chi connectivity index (χ0) is 28.9.